The Kier molecular flexibility index (Phi) is 4.21. The van der Waals surface area contributed by atoms with E-state index in [4.69, 9.17) is 10.5 Å². The minimum atomic E-state index is -4.40. The highest BCUT2D eigenvalue weighted by Gasteiger charge is 2.30. The Morgan fingerprint density at radius 2 is 2.00 bits per heavy atom. The molecule has 0 aliphatic carbocycles. The Morgan fingerprint density at radius 1 is 1.24 bits per heavy atom. The van der Waals surface area contributed by atoms with Crippen LogP contribution in [-0.2, 0) is 12.7 Å². The van der Waals surface area contributed by atoms with Crippen LogP contribution >= 0.6 is 0 Å². The van der Waals surface area contributed by atoms with E-state index in [0.717, 1.165) is 17.7 Å². The fraction of sp³-hybridized carbons (Fsp3) is 0.214. The molecule has 0 aliphatic rings. The van der Waals surface area contributed by atoms with Gasteiger partial charge in [0, 0.05) is 18.8 Å². The molecule has 0 saturated carbocycles. The first-order valence-electron chi connectivity index (χ1n) is 6.09. The zero-order valence-corrected chi connectivity index (χ0v) is 11.2. The van der Waals surface area contributed by atoms with Crippen LogP contribution in [0.15, 0.2) is 36.5 Å². The maximum absolute atomic E-state index is 12.5. The lowest BCUT2D eigenvalue weighted by atomic mass is 10.1. The molecule has 112 valence electrons. The number of benzene rings is 1. The van der Waals surface area contributed by atoms with Gasteiger partial charge in [0.25, 0.3) is 0 Å². The fourth-order valence-corrected chi connectivity index (χ4v) is 1.77. The second-order valence-corrected chi connectivity index (χ2v) is 4.36. The molecule has 1 aromatic heterocycles. The van der Waals surface area contributed by atoms with Crippen LogP contribution in [-0.4, -0.2) is 12.1 Å². The summed E-state index contributed by atoms with van der Waals surface area (Å²) < 4.78 is 42.6. The van der Waals surface area contributed by atoms with Gasteiger partial charge in [0.05, 0.1) is 24.0 Å². The largest absolute Gasteiger partial charge is 0.481 e. The number of anilines is 2. The molecular formula is C14H14F3N3O. The molecule has 4 nitrogen and oxygen atoms in total. The molecule has 0 radical (unpaired) electrons. The highest BCUT2D eigenvalue weighted by atomic mass is 19.4. The van der Waals surface area contributed by atoms with Crippen molar-refractivity contribution in [2.75, 3.05) is 18.2 Å². The van der Waals surface area contributed by atoms with Gasteiger partial charge in [-0.15, -0.1) is 0 Å². The number of hydrogen-bond acceptors (Lipinski definition) is 4. The van der Waals surface area contributed by atoms with E-state index in [1.807, 2.05) is 0 Å². The van der Waals surface area contributed by atoms with Gasteiger partial charge in [-0.2, -0.15) is 13.2 Å². The molecule has 21 heavy (non-hydrogen) atoms. The topological polar surface area (TPSA) is 60.2 Å². The maximum Gasteiger partial charge on any atom is 0.416 e. The van der Waals surface area contributed by atoms with E-state index in [-0.39, 0.29) is 5.69 Å². The summed E-state index contributed by atoms with van der Waals surface area (Å²) in [6.45, 7) is 0.397. The Morgan fingerprint density at radius 3 is 2.62 bits per heavy atom. The molecule has 7 heteroatoms. The number of hydrogen-bond donors (Lipinski definition) is 2. The minimum absolute atomic E-state index is 0.0471. The molecular weight excluding hydrogens is 283 g/mol. The lowest BCUT2D eigenvalue weighted by molar-refractivity contribution is -0.137. The third-order valence-corrected chi connectivity index (χ3v) is 2.87. The zero-order valence-electron chi connectivity index (χ0n) is 11.2. The monoisotopic (exact) mass is 297 g/mol. The highest BCUT2D eigenvalue weighted by molar-refractivity contribution is 5.67. The molecule has 1 heterocycles. The van der Waals surface area contributed by atoms with Gasteiger partial charge < -0.3 is 15.8 Å². The van der Waals surface area contributed by atoms with Gasteiger partial charge in [-0.1, -0.05) is 0 Å². The summed E-state index contributed by atoms with van der Waals surface area (Å²) in [6, 6.07) is 6.72. The van der Waals surface area contributed by atoms with Crippen molar-refractivity contribution in [3.05, 3.63) is 47.7 Å². The maximum atomic E-state index is 12.5. The van der Waals surface area contributed by atoms with Crippen LogP contribution in [0, 0.1) is 0 Å². The summed E-state index contributed by atoms with van der Waals surface area (Å²) in [5.74, 6) is 0.467. The van der Waals surface area contributed by atoms with E-state index in [0.29, 0.717) is 18.1 Å². The van der Waals surface area contributed by atoms with Crippen LogP contribution in [0.4, 0.5) is 24.5 Å². The molecule has 2 aromatic rings. The first kappa shape index (κ1) is 15.0. The van der Waals surface area contributed by atoms with Gasteiger partial charge in [0.15, 0.2) is 0 Å². The third-order valence-electron chi connectivity index (χ3n) is 2.87. The molecule has 0 fully saturated rings. The summed E-state index contributed by atoms with van der Waals surface area (Å²) in [4.78, 5) is 3.97. The van der Waals surface area contributed by atoms with Crippen LogP contribution in [0.5, 0.6) is 5.88 Å². The van der Waals surface area contributed by atoms with E-state index >= 15 is 0 Å². The smallest absolute Gasteiger partial charge is 0.416 e. The average molecular weight is 297 g/mol. The van der Waals surface area contributed by atoms with E-state index in [1.165, 1.54) is 13.2 Å². The van der Waals surface area contributed by atoms with Crippen molar-refractivity contribution in [3.8, 4) is 5.88 Å². The van der Waals surface area contributed by atoms with Crippen molar-refractivity contribution in [1.29, 1.82) is 0 Å². The number of nitrogens with one attached hydrogen (secondary N) is 1. The number of nitrogens with two attached hydrogens (primary N) is 1. The Hall–Kier alpha value is -2.44. The van der Waals surface area contributed by atoms with Crippen molar-refractivity contribution >= 4 is 11.4 Å². The summed E-state index contributed by atoms with van der Waals surface area (Å²) in [6.07, 6.45) is -2.81. The van der Waals surface area contributed by atoms with Gasteiger partial charge in [0.1, 0.15) is 0 Å². The lowest BCUT2D eigenvalue weighted by Gasteiger charge is -2.13. The summed E-state index contributed by atoms with van der Waals surface area (Å²) >= 11 is 0. The van der Waals surface area contributed by atoms with Gasteiger partial charge in [-0.05, 0) is 29.8 Å². The normalized spacial score (nSPS) is 11.2. The summed E-state index contributed by atoms with van der Waals surface area (Å²) in [7, 11) is 1.51. The van der Waals surface area contributed by atoms with Crippen LogP contribution in [0.25, 0.3) is 0 Å². The van der Waals surface area contributed by atoms with Crippen LogP contribution < -0.4 is 15.8 Å². The van der Waals surface area contributed by atoms with Crippen molar-refractivity contribution in [3.63, 3.8) is 0 Å². The predicted octanol–water partition coefficient (Wildman–Crippen LogP) is 3.30. The van der Waals surface area contributed by atoms with E-state index in [2.05, 4.69) is 10.3 Å². The number of ether oxygens (including phenoxy) is 1. The van der Waals surface area contributed by atoms with Crippen molar-refractivity contribution in [2.24, 2.45) is 0 Å². The van der Waals surface area contributed by atoms with Crippen molar-refractivity contribution < 1.29 is 17.9 Å². The second kappa shape index (κ2) is 5.90. The van der Waals surface area contributed by atoms with Gasteiger partial charge in [-0.25, -0.2) is 4.98 Å². The van der Waals surface area contributed by atoms with Crippen LogP contribution in [0.2, 0.25) is 0 Å². The number of aromatic nitrogens is 1. The quantitative estimate of drug-likeness (QED) is 0.850. The molecule has 0 bridgehead atoms. The number of pyridine rings is 1. The Balaban J connectivity index is 2.10. The minimum Gasteiger partial charge on any atom is -0.481 e. The van der Waals surface area contributed by atoms with Gasteiger partial charge in [0.2, 0.25) is 5.88 Å². The zero-order chi connectivity index (χ0) is 15.5. The summed E-state index contributed by atoms with van der Waals surface area (Å²) in [5.41, 5.74) is 6.24. The number of nitrogen functional groups attached to an aromatic ring is 1. The molecule has 0 aliphatic heterocycles. The first-order chi connectivity index (χ1) is 9.90. The molecule has 0 amide bonds. The van der Waals surface area contributed by atoms with E-state index < -0.39 is 11.7 Å². The molecule has 0 saturated heterocycles. The molecule has 1 aromatic carbocycles. The predicted molar refractivity (Wildman–Crippen MR) is 74.0 cm³/mol. The molecule has 3 N–H and O–H groups in total. The van der Waals surface area contributed by atoms with Crippen LogP contribution in [0.3, 0.4) is 0 Å². The molecule has 2 rings (SSSR count). The fourth-order valence-electron chi connectivity index (χ4n) is 1.77. The van der Waals surface area contributed by atoms with Crippen LogP contribution in [0.1, 0.15) is 11.1 Å². The molecule has 0 atom stereocenters. The van der Waals surface area contributed by atoms with Crippen molar-refractivity contribution in [1.82, 2.24) is 4.98 Å². The number of rotatable bonds is 4. The highest BCUT2D eigenvalue weighted by Crippen LogP contribution is 2.32. The second-order valence-electron chi connectivity index (χ2n) is 4.36. The lowest BCUT2D eigenvalue weighted by Crippen LogP contribution is -2.08. The SMILES string of the molecule is COc1cc(CNc2ccc(C(F)(F)F)cc2N)ccn1. The Labute approximate surface area is 119 Å². The number of methoxy groups -OCH3 is 1. The Bertz CT molecular complexity index is 629. The number of alkyl halides is 3. The molecule has 0 unspecified atom stereocenters. The van der Waals surface area contributed by atoms with E-state index in [9.17, 15) is 13.2 Å². The molecule has 0 spiro atoms. The number of halogens is 3. The van der Waals surface area contributed by atoms with Gasteiger partial charge in [-0.3, -0.25) is 0 Å². The first-order valence-corrected chi connectivity index (χ1v) is 6.09. The number of nitrogens with zero attached hydrogens (tertiary/aromatic N) is 1. The third kappa shape index (κ3) is 3.77. The van der Waals surface area contributed by atoms with Gasteiger partial charge >= 0.3 is 6.18 Å². The summed E-state index contributed by atoms with van der Waals surface area (Å²) in [5, 5.41) is 2.98. The van der Waals surface area contributed by atoms with E-state index in [1.54, 1.807) is 18.3 Å². The standard InChI is InChI=1S/C14H14F3N3O/c1-21-13-6-9(4-5-19-13)8-20-12-3-2-10(7-11(12)18)14(15,16)17/h2-7,20H,8,18H2,1H3. The van der Waals surface area contributed by atoms with Crippen molar-refractivity contribution in [2.45, 2.75) is 12.7 Å². The average Bonchev–Trinajstić information content (AvgIpc) is 2.45.